The number of hydrogen-bond donors (Lipinski definition) is 0. The smallest absolute Gasteiger partial charge is 0.120 e. The molecule has 5 rings (SSSR count). The fraction of sp³-hybridized carbons (Fsp3) is 0.0909. The van der Waals surface area contributed by atoms with Crippen molar-refractivity contribution in [3.63, 3.8) is 0 Å². The Morgan fingerprint density at radius 2 is 1.17 bits per heavy atom. The third-order valence-corrected chi connectivity index (χ3v) is 6.24. The molecular formula is C22H14BBrN4S. The lowest BCUT2D eigenvalue weighted by Crippen LogP contribution is -2.11. The third-order valence-electron chi connectivity index (χ3n) is 4.96. The molecule has 0 fully saturated rings. The van der Waals surface area contributed by atoms with E-state index < -0.39 is 0 Å². The number of fused-ring (bicyclic) bond motifs is 2. The zero-order valence-electron chi connectivity index (χ0n) is 15.8. The van der Waals surface area contributed by atoms with E-state index in [1.807, 2.05) is 0 Å². The summed E-state index contributed by atoms with van der Waals surface area (Å²) in [5.74, 6) is 0. The maximum Gasteiger partial charge on any atom is 0.120 e. The van der Waals surface area contributed by atoms with Gasteiger partial charge in [0.15, 0.2) is 0 Å². The molecular weight excluding hydrogens is 443 g/mol. The van der Waals surface area contributed by atoms with Crippen molar-refractivity contribution in [2.75, 3.05) is 0 Å². The highest BCUT2D eigenvalue weighted by Gasteiger charge is 2.20. The van der Waals surface area contributed by atoms with Crippen molar-refractivity contribution in [2.24, 2.45) is 0 Å². The molecule has 0 spiro atoms. The number of nitrogens with zero attached hydrogens (tertiary/aromatic N) is 4. The van der Waals surface area contributed by atoms with E-state index in [0.29, 0.717) is 27.5 Å². The van der Waals surface area contributed by atoms with Gasteiger partial charge in [-0.1, -0.05) is 59.7 Å². The van der Waals surface area contributed by atoms with Crippen LogP contribution in [-0.2, 0) is 0 Å². The lowest BCUT2D eigenvalue weighted by molar-refractivity contribution is 1.29. The molecule has 0 unspecified atom stereocenters. The molecule has 3 aromatic carbocycles. The Balaban J connectivity index is 1.90. The van der Waals surface area contributed by atoms with E-state index in [0.717, 1.165) is 38.7 Å². The summed E-state index contributed by atoms with van der Waals surface area (Å²) in [7, 11) is 6.43. The Kier molecular flexibility index (Phi) is 4.44. The first-order valence-corrected chi connectivity index (χ1v) is 10.6. The van der Waals surface area contributed by atoms with Gasteiger partial charge in [0.2, 0.25) is 0 Å². The first-order valence-electron chi connectivity index (χ1n) is 9.08. The molecule has 138 valence electrons. The number of hydrogen-bond acceptors (Lipinski definition) is 5. The van der Waals surface area contributed by atoms with E-state index in [-0.39, 0.29) is 0 Å². The number of rotatable bonds is 2. The van der Waals surface area contributed by atoms with Crippen LogP contribution in [0.5, 0.6) is 0 Å². The summed E-state index contributed by atoms with van der Waals surface area (Å²) in [4.78, 5) is 9.99. The minimum Gasteiger partial charge on any atom is -0.244 e. The fourth-order valence-electron chi connectivity index (χ4n) is 3.34. The summed E-state index contributed by atoms with van der Waals surface area (Å²) >= 11 is 4.78. The van der Waals surface area contributed by atoms with Crippen LogP contribution in [0.4, 0.5) is 0 Å². The van der Waals surface area contributed by atoms with Crippen LogP contribution in [0.3, 0.4) is 0 Å². The van der Waals surface area contributed by atoms with Crippen LogP contribution >= 0.6 is 27.7 Å². The monoisotopic (exact) mass is 456 g/mol. The van der Waals surface area contributed by atoms with Gasteiger partial charge in [0.05, 0.1) is 33.1 Å². The molecule has 0 saturated carbocycles. The summed E-state index contributed by atoms with van der Waals surface area (Å²) in [6.45, 7) is 4.14. The lowest BCUT2D eigenvalue weighted by Gasteiger charge is -2.13. The van der Waals surface area contributed by atoms with Crippen LogP contribution in [0.15, 0.2) is 53.0 Å². The van der Waals surface area contributed by atoms with Gasteiger partial charge in [0.25, 0.3) is 0 Å². The molecule has 5 aromatic rings. The summed E-state index contributed by atoms with van der Waals surface area (Å²) in [5, 5.41) is 0. The van der Waals surface area contributed by atoms with E-state index in [1.165, 1.54) is 11.1 Å². The van der Waals surface area contributed by atoms with Crippen molar-refractivity contribution in [3.8, 4) is 22.5 Å². The molecule has 0 atom stereocenters. The van der Waals surface area contributed by atoms with E-state index in [2.05, 4.69) is 87.1 Å². The average molecular weight is 457 g/mol. The van der Waals surface area contributed by atoms with Crippen molar-refractivity contribution in [2.45, 2.75) is 13.8 Å². The van der Waals surface area contributed by atoms with Crippen LogP contribution in [0.25, 0.3) is 44.6 Å². The second kappa shape index (κ2) is 7.00. The van der Waals surface area contributed by atoms with Crippen molar-refractivity contribution < 1.29 is 0 Å². The van der Waals surface area contributed by atoms with Crippen molar-refractivity contribution >= 4 is 63.0 Å². The molecule has 0 aliphatic heterocycles. The molecule has 0 bridgehead atoms. The Hall–Kier alpha value is -2.64. The molecule has 29 heavy (non-hydrogen) atoms. The Labute approximate surface area is 181 Å². The van der Waals surface area contributed by atoms with Crippen LogP contribution in [-0.4, -0.2) is 26.6 Å². The van der Waals surface area contributed by atoms with Crippen LogP contribution < -0.4 is 5.46 Å². The second-order valence-electron chi connectivity index (χ2n) is 7.04. The first-order chi connectivity index (χ1) is 14.0. The Morgan fingerprint density at radius 3 is 1.72 bits per heavy atom. The van der Waals surface area contributed by atoms with Gasteiger partial charge in [0, 0.05) is 11.1 Å². The SMILES string of the molecule is [B]c1c2nsnc2c(Br)c2nc(-c3ccc(C)cc3)c(-c3ccc(C)cc3)nc12. The van der Waals surface area contributed by atoms with Crippen LogP contribution in [0, 0.1) is 13.8 Å². The quantitative estimate of drug-likeness (QED) is 0.345. The molecule has 4 nitrogen and oxygen atoms in total. The first kappa shape index (κ1) is 18.4. The number of halogens is 1. The van der Waals surface area contributed by atoms with Crippen molar-refractivity contribution in [1.82, 2.24) is 18.7 Å². The minimum atomic E-state index is 0.503. The van der Waals surface area contributed by atoms with Gasteiger partial charge in [-0.2, -0.15) is 8.75 Å². The van der Waals surface area contributed by atoms with Crippen LogP contribution in [0.2, 0.25) is 0 Å². The molecule has 2 heterocycles. The maximum absolute atomic E-state index is 6.43. The number of aryl methyl sites for hydroxylation is 2. The number of aromatic nitrogens is 4. The van der Waals surface area contributed by atoms with Gasteiger partial charge in [-0.25, -0.2) is 9.97 Å². The zero-order chi connectivity index (χ0) is 20.1. The maximum atomic E-state index is 6.43. The van der Waals surface area contributed by atoms with Gasteiger partial charge >= 0.3 is 0 Å². The predicted octanol–water partition coefficient (Wildman–Crippen LogP) is 5.14. The van der Waals surface area contributed by atoms with Gasteiger partial charge < -0.3 is 0 Å². The van der Waals surface area contributed by atoms with Gasteiger partial charge in [-0.3, -0.25) is 0 Å². The van der Waals surface area contributed by atoms with E-state index in [4.69, 9.17) is 17.8 Å². The molecule has 2 radical (unpaired) electrons. The van der Waals surface area contributed by atoms with Crippen molar-refractivity contribution in [1.29, 1.82) is 0 Å². The molecule has 0 amide bonds. The van der Waals surface area contributed by atoms with Crippen molar-refractivity contribution in [3.05, 3.63) is 64.1 Å². The van der Waals surface area contributed by atoms with E-state index in [9.17, 15) is 0 Å². The highest BCUT2D eigenvalue weighted by Crippen LogP contribution is 2.35. The molecule has 7 heteroatoms. The topological polar surface area (TPSA) is 51.6 Å². The van der Waals surface area contributed by atoms with Gasteiger partial charge in [-0.15, -0.1) is 0 Å². The lowest BCUT2D eigenvalue weighted by atomic mass is 9.92. The fourth-order valence-corrected chi connectivity index (χ4v) is 4.57. The predicted molar refractivity (Wildman–Crippen MR) is 124 cm³/mol. The van der Waals surface area contributed by atoms with E-state index in [1.54, 1.807) is 0 Å². The third kappa shape index (κ3) is 3.05. The van der Waals surface area contributed by atoms with Gasteiger partial charge in [-0.05, 0) is 35.2 Å². The zero-order valence-corrected chi connectivity index (χ0v) is 18.2. The molecule has 0 aliphatic rings. The normalized spacial score (nSPS) is 11.4. The summed E-state index contributed by atoms with van der Waals surface area (Å²) in [5.41, 5.74) is 9.17. The largest absolute Gasteiger partial charge is 0.244 e. The standard InChI is InChI=1S/C22H14BBrN4S/c1-11-3-7-13(8-4-11)17-18(14-9-5-12(2)6-10-14)26-21-16(24)22-20(27-29-28-22)15(23)19(21)25-17/h3-10H,1-2H3. The highest BCUT2D eigenvalue weighted by atomic mass is 79.9. The summed E-state index contributed by atoms with van der Waals surface area (Å²) in [6, 6.07) is 16.6. The molecule has 0 aliphatic carbocycles. The second-order valence-corrected chi connectivity index (χ2v) is 8.36. The summed E-state index contributed by atoms with van der Waals surface area (Å²) in [6.07, 6.45) is 0. The van der Waals surface area contributed by atoms with Gasteiger partial charge in [0.1, 0.15) is 24.4 Å². The van der Waals surface area contributed by atoms with Crippen LogP contribution in [0.1, 0.15) is 11.1 Å². The average Bonchev–Trinajstić information content (AvgIpc) is 3.23. The molecule has 2 aromatic heterocycles. The highest BCUT2D eigenvalue weighted by molar-refractivity contribution is 9.10. The minimum absolute atomic E-state index is 0.503. The molecule has 0 N–H and O–H groups in total. The number of benzene rings is 3. The Morgan fingerprint density at radius 1 is 0.690 bits per heavy atom. The molecule has 0 saturated heterocycles. The Bertz CT molecular complexity index is 1270. The van der Waals surface area contributed by atoms with E-state index >= 15 is 0 Å². The summed E-state index contributed by atoms with van der Waals surface area (Å²) < 4.78 is 9.48.